The number of hydrogen-bond acceptors (Lipinski definition) is 6. The molecule has 1 aromatic rings. The summed E-state index contributed by atoms with van der Waals surface area (Å²) in [4.78, 5) is 35.8. The molecule has 0 saturated carbocycles. The molecule has 1 aromatic heterocycles. The average molecular weight is 347 g/mol. The summed E-state index contributed by atoms with van der Waals surface area (Å²) in [7, 11) is 0. The quantitative estimate of drug-likeness (QED) is 0.790. The van der Waals surface area contributed by atoms with Crippen LogP contribution in [0.25, 0.3) is 0 Å². The third kappa shape index (κ3) is 4.66. The van der Waals surface area contributed by atoms with E-state index in [9.17, 15) is 9.59 Å². The first-order valence-electron chi connectivity index (χ1n) is 8.93. The van der Waals surface area contributed by atoms with E-state index in [1.807, 2.05) is 4.90 Å². The minimum absolute atomic E-state index is 0.0390. The van der Waals surface area contributed by atoms with E-state index in [2.05, 4.69) is 20.2 Å². The maximum atomic E-state index is 12.8. The monoisotopic (exact) mass is 347 g/mol. The molecule has 2 fully saturated rings. The SMILES string of the molecule is O=C(O)CNc1ncc(CN2CCC[C@H]2C(=O)N2CCCCC2)cn1. The first-order valence-corrected chi connectivity index (χ1v) is 8.93. The number of hydrogen-bond donors (Lipinski definition) is 2. The lowest BCUT2D eigenvalue weighted by molar-refractivity contribution is -0.137. The van der Waals surface area contributed by atoms with Crippen molar-refractivity contribution in [1.29, 1.82) is 0 Å². The zero-order chi connectivity index (χ0) is 17.6. The number of aliphatic carboxylic acids is 1. The van der Waals surface area contributed by atoms with Gasteiger partial charge in [0.05, 0.1) is 6.04 Å². The molecule has 0 aliphatic carbocycles. The molecule has 136 valence electrons. The topological polar surface area (TPSA) is 98.7 Å². The Balaban J connectivity index is 1.57. The Kier molecular flexibility index (Phi) is 5.80. The summed E-state index contributed by atoms with van der Waals surface area (Å²) < 4.78 is 0. The van der Waals surface area contributed by atoms with Crippen LogP contribution < -0.4 is 5.32 Å². The van der Waals surface area contributed by atoms with Crippen LogP contribution in [-0.4, -0.2) is 69.0 Å². The fourth-order valence-corrected chi connectivity index (χ4v) is 3.54. The average Bonchev–Trinajstić information content (AvgIpc) is 3.09. The molecule has 2 saturated heterocycles. The summed E-state index contributed by atoms with van der Waals surface area (Å²) >= 11 is 0. The number of carboxylic acids is 1. The molecule has 2 aliphatic rings. The first-order chi connectivity index (χ1) is 12.1. The van der Waals surface area contributed by atoms with Crippen LogP contribution in [0, 0.1) is 0 Å². The second kappa shape index (κ2) is 8.24. The second-order valence-electron chi connectivity index (χ2n) is 6.68. The van der Waals surface area contributed by atoms with E-state index in [0.717, 1.165) is 50.9 Å². The van der Waals surface area contributed by atoms with Gasteiger partial charge in [0, 0.05) is 37.6 Å². The lowest BCUT2D eigenvalue weighted by atomic mass is 10.1. The van der Waals surface area contributed by atoms with Gasteiger partial charge >= 0.3 is 5.97 Å². The Hall–Kier alpha value is -2.22. The van der Waals surface area contributed by atoms with E-state index >= 15 is 0 Å². The van der Waals surface area contributed by atoms with E-state index in [4.69, 9.17) is 5.11 Å². The Labute approximate surface area is 147 Å². The molecule has 0 aromatic carbocycles. The highest BCUT2D eigenvalue weighted by molar-refractivity contribution is 5.82. The highest BCUT2D eigenvalue weighted by Gasteiger charge is 2.34. The molecular weight excluding hydrogens is 322 g/mol. The molecule has 3 rings (SSSR count). The van der Waals surface area contributed by atoms with Gasteiger partial charge in [-0.05, 0) is 38.6 Å². The van der Waals surface area contributed by atoms with Crippen LogP contribution in [0.3, 0.4) is 0 Å². The van der Waals surface area contributed by atoms with Gasteiger partial charge in [-0.3, -0.25) is 14.5 Å². The zero-order valence-corrected chi connectivity index (χ0v) is 14.4. The predicted octanol–water partition coefficient (Wildman–Crippen LogP) is 0.950. The molecule has 0 unspecified atom stereocenters. The highest BCUT2D eigenvalue weighted by atomic mass is 16.4. The Morgan fingerprint density at radius 3 is 2.52 bits per heavy atom. The molecule has 1 atom stereocenters. The molecule has 2 N–H and O–H groups in total. The van der Waals surface area contributed by atoms with Crippen molar-refractivity contribution in [3.63, 3.8) is 0 Å². The van der Waals surface area contributed by atoms with Gasteiger partial charge in [-0.2, -0.15) is 0 Å². The smallest absolute Gasteiger partial charge is 0.322 e. The number of nitrogens with zero attached hydrogens (tertiary/aromatic N) is 4. The van der Waals surface area contributed by atoms with Crippen LogP contribution in [0.4, 0.5) is 5.95 Å². The maximum absolute atomic E-state index is 12.8. The molecule has 1 amide bonds. The van der Waals surface area contributed by atoms with Crippen LogP contribution in [-0.2, 0) is 16.1 Å². The zero-order valence-electron chi connectivity index (χ0n) is 14.4. The van der Waals surface area contributed by atoms with Gasteiger partial charge in [-0.25, -0.2) is 9.97 Å². The van der Waals surface area contributed by atoms with Gasteiger partial charge in [0.2, 0.25) is 11.9 Å². The van der Waals surface area contributed by atoms with Crippen LogP contribution >= 0.6 is 0 Å². The minimum Gasteiger partial charge on any atom is -0.480 e. The number of carboxylic acid groups (broad SMARTS) is 1. The van der Waals surface area contributed by atoms with Crippen LogP contribution in [0.2, 0.25) is 0 Å². The molecule has 8 heteroatoms. The van der Waals surface area contributed by atoms with Crippen molar-refractivity contribution in [3.05, 3.63) is 18.0 Å². The van der Waals surface area contributed by atoms with Crippen LogP contribution in [0.5, 0.6) is 0 Å². The number of carbonyl (C=O) groups excluding carboxylic acids is 1. The summed E-state index contributed by atoms with van der Waals surface area (Å²) in [5, 5.41) is 11.3. The van der Waals surface area contributed by atoms with E-state index in [1.54, 1.807) is 12.4 Å². The van der Waals surface area contributed by atoms with E-state index in [1.165, 1.54) is 6.42 Å². The maximum Gasteiger partial charge on any atom is 0.322 e. The summed E-state index contributed by atoms with van der Waals surface area (Å²) in [6, 6.07) is -0.0390. The largest absolute Gasteiger partial charge is 0.480 e. The van der Waals surface area contributed by atoms with E-state index < -0.39 is 5.97 Å². The summed E-state index contributed by atoms with van der Waals surface area (Å²) in [6.45, 7) is 3.11. The molecule has 3 heterocycles. The Morgan fingerprint density at radius 2 is 1.84 bits per heavy atom. The van der Waals surface area contributed by atoms with Gasteiger partial charge < -0.3 is 15.3 Å². The molecule has 8 nitrogen and oxygen atoms in total. The molecule has 0 bridgehead atoms. The van der Waals surface area contributed by atoms with Crippen molar-refractivity contribution in [3.8, 4) is 0 Å². The number of anilines is 1. The fourth-order valence-electron chi connectivity index (χ4n) is 3.54. The minimum atomic E-state index is -0.955. The third-order valence-corrected chi connectivity index (χ3v) is 4.81. The molecular formula is C17H25N5O3. The van der Waals surface area contributed by atoms with Crippen molar-refractivity contribution in [1.82, 2.24) is 19.8 Å². The van der Waals surface area contributed by atoms with Gasteiger partial charge in [0.1, 0.15) is 6.54 Å². The third-order valence-electron chi connectivity index (χ3n) is 4.81. The summed E-state index contributed by atoms with van der Waals surface area (Å²) in [6.07, 6.45) is 8.76. The molecule has 0 radical (unpaired) electrons. The van der Waals surface area contributed by atoms with Crippen LogP contribution in [0.1, 0.15) is 37.7 Å². The number of piperidine rings is 1. The Morgan fingerprint density at radius 1 is 1.12 bits per heavy atom. The van der Waals surface area contributed by atoms with E-state index in [0.29, 0.717) is 12.5 Å². The van der Waals surface area contributed by atoms with Crippen molar-refractivity contribution >= 4 is 17.8 Å². The van der Waals surface area contributed by atoms with Gasteiger partial charge in [-0.15, -0.1) is 0 Å². The van der Waals surface area contributed by atoms with Gasteiger partial charge in [0.25, 0.3) is 0 Å². The molecule has 2 aliphatic heterocycles. The second-order valence-corrected chi connectivity index (χ2v) is 6.68. The number of carbonyl (C=O) groups is 2. The highest BCUT2D eigenvalue weighted by Crippen LogP contribution is 2.23. The van der Waals surface area contributed by atoms with E-state index in [-0.39, 0.29) is 18.5 Å². The predicted molar refractivity (Wildman–Crippen MR) is 92.0 cm³/mol. The van der Waals surface area contributed by atoms with Crippen molar-refractivity contribution in [2.24, 2.45) is 0 Å². The van der Waals surface area contributed by atoms with Gasteiger partial charge in [0.15, 0.2) is 0 Å². The lowest BCUT2D eigenvalue weighted by Crippen LogP contribution is -2.47. The Bertz CT molecular complexity index is 601. The lowest BCUT2D eigenvalue weighted by Gasteiger charge is -2.32. The van der Waals surface area contributed by atoms with Gasteiger partial charge in [-0.1, -0.05) is 0 Å². The summed E-state index contributed by atoms with van der Waals surface area (Å²) in [5.74, 6) is -0.393. The van der Waals surface area contributed by atoms with Crippen molar-refractivity contribution < 1.29 is 14.7 Å². The van der Waals surface area contributed by atoms with Crippen LogP contribution in [0.15, 0.2) is 12.4 Å². The standard InChI is InChI=1S/C17H25N5O3/c23-15(24)11-20-17-18-9-13(10-19-17)12-22-8-4-5-14(22)16(25)21-6-2-1-3-7-21/h9-10,14H,1-8,11-12H2,(H,23,24)(H,18,19,20)/t14-/m0/s1. The van der Waals surface area contributed by atoms with Crippen molar-refractivity contribution in [2.75, 3.05) is 31.5 Å². The number of aromatic nitrogens is 2. The molecule has 0 spiro atoms. The summed E-state index contributed by atoms with van der Waals surface area (Å²) in [5.41, 5.74) is 0.930. The van der Waals surface area contributed by atoms with Crippen molar-refractivity contribution in [2.45, 2.75) is 44.7 Å². The number of likely N-dealkylation sites (tertiary alicyclic amines) is 2. The normalized spacial score (nSPS) is 21.3. The number of amides is 1. The number of nitrogens with one attached hydrogen (secondary N) is 1. The number of rotatable bonds is 6. The fraction of sp³-hybridized carbons (Fsp3) is 0.647. The first kappa shape index (κ1) is 17.6. The molecule has 25 heavy (non-hydrogen) atoms.